The molecule has 2 aromatic rings. The van der Waals surface area contributed by atoms with Crippen molar-refractivity contribution in [2.45, 2.75) is 19.9 Å². The van der Waals surface area contributed by atoms with E-state index in [1.54, 1.807) is 37.3 Å². The van der Waals surface area contributed by atoms with E-state index in [0.29, 0.717) is 11.3 Å². The molecule has 1 amide bonds. The van der Waals surface area contributed by atoms with Crippen molar-refractivity contribution in [3.63, 3.8) is 0 Å². The summed E-state index contributed by atoms with van der Waals surface area (Å²) in [5.41, 5.74) is 1.47. The van der Waals surface area contributed by atoms with Crippen LogP contribution in [0.4, 0.5) is 0 Å². The van der Waals surface area contributed by atoms with Crippen LogP contribution in [0.1, 0.15) is 27.4 Å². The monoisotopic (exact) mass is 273 g/mol. The molecule has 20 heavy (non-hydrogen) atoms. The molecule has 1 aromatic heterocycles. The Kier molecular flexibility index (Phi) is 4.20. The van der Waals surface area contributed by atoms with Crippen molar-refractivity contribution in [3.05, 3.63) is 59.0 Å². The number of carboxylic acids is 1. The lowest BCUT2D eigenvalue weighted by molar-refractivity contribution is -0.136. The second-order valence-corrected chi connectivity index (χ2v) is 4.43. The van der Waals surface area contributed by atoms with Crippen molar-refractivity contribution >= 4 is 11.9 Å². The Morgan fingerprint density at radius 1 is 1.15 bits per heavy atom. The highest BCUT2D eigenvalue weighted by atomic mass is 16.4. The molecule has 0 saturated heterocycles. The van der Waals surface area contributed by atoms with Gasteiger partial charge in [-0.25, -0.2) is 0 Å². The van der Waals surface area contributed by atoms with Gasteiger partial charge in [0.15, 0.2) is 5.76 Å². The molecule has 104 valence electrons. The maximum atomic E-state index is 11.8. The average molecular weight is 273 g/mol. The van der Waals surface area contributed by atoms with E-state index in [2.05, 4.69) is 5.32 Å². The van der Waals surface area contributed by atoms with Crippen molar-refractivity contribution in [3.8, 4) is 0 Å². The minimum absolute atomic E-state index is 0.0636. The number of nitrogens with one attached hydrogen (secondary N) is 1. The molecular formula is C15H15NO4. The van der Waals surface area contributed by atoms with Gasteiger partial charge >= 0.3 is 5.97 Å². The van der Waals surface area contributed by atoms with E-state index >= 15 is 0 Å². The van der Waals surface area contributed by atoms with Crippen LogP contribution in [-0.4, -0.2) is 17.0 Å². The molecule has 0 fully saturated rings. The summed E-state index contributed by atoms with van der Waals surface area (Å²) in [5, 5.41) is 11.6. The summed E-state index contributed by atoms with van der Waals surface area (Å²) in [6, 6.07) is 10.4. The average Bonchev–Trinajstić information content (AvgIpc) is 2.83. The number of hydrogen-bond acceptors (Lipinski definition) is 3. The molecule has 0 aliphatic heterocycles. The number of carboxylic acid groups (broad SMARTS) is 1. The highest BCUT2D eigenvalue weighted by molar-refractivity contribution is 5.91. The van der Waals surface area contributed by atoms with Crippen LogP contribution in [0.2, 0.25) is 0 Å². The SMILES string of the molecule is Cc1ccc(C(=O)NCc2ccccc2CC(=O)O)o1. The second kappa shape index (κ2) is 6.06. The van der Waals surface area contributed by atoms with Gasteiger partial charge in [0.1, 0.15) is 5.76 Å². The first kappa shape index (κ1) is 13.9. The topological polar surface area (TPSA) is 79.5 Å². The van der Waals surface area contributed by atoms with Crippen LogP contribution in [0.15, 0.2) is 40.8 Å². The normalized spacial score (nSPS) is 10.2. The lowest BCUT2D eigenvalue weighted by atomic mass is 10.0. The first-order chi connectivity index (χ1) is 9.56. The van der Waals surface area contributed by atoms with Crippen LogP contribution in [0.3, 0.4) is 0 Å². The largest absolute Gasteiger partial charge is 0.481 e. The van der Waals surface area contributed by atoms with E-state index in [0.717, 1.165) is 5.56 Å². The summed E-state index contributed by atoms with van der Waals surface area (Å²) >= 11 is 0. The van der Waals surface area contributed by atoms with E-state index in [-0.39, 0.29) is 24.6 Å². The maximum Gasteiger partial charge on any atom is 0.307 e. The number of aryl methyl sites for hydroxylation is 1. The van der Waals surface area contributed by atoms with Gasteiger partial charge in [0.2, 0.25) is 0 Å². The van der Waals surface area contributed by atoms with Gasteiger partial charge in [-0.05, 0) is 30.2 Å². The minimum atomic E-state index is -0.898. The standard InChI is InChI=1S/C15H15NO4/c1-10-6-7-13(20-10)15(19)16-9-12-5-3-2-4-11(12)8-14(17)18/h2-7H,8-9H2,1H3,(H,16,19)(H,17,18). The zero-order valence-corrected chi connectivity index (χ0v) is 11.1. The predicted molar refractivity (Wildman–Crippen MR) is 72.4 cm³/mol. The van der Waals surface area contributed by atoms with Gasteiger partial charge in [-0.1, -0.05) is 24.3 Å². The first-order valence-electron chi connectivity index (χ1n) is 6.19. The van der Waals surface area contributed by atoms with E-state index < -0.39 is 5.97 Å². The van der Waals surface area contributed by atoms with Gasteiger partial charge in [0, 0.05) is 6.54 Å². The Balaban J connectivity index is 2.03. The lowest BCUT2D eigenvalue weighted by Crippen LogP contribution is -2.23. The van der Waals surface area contributed by atoms with E-state index in [1.165, 1.54) is 0 Å². The van der Waals surface area contributed by atoms with Gasteiger partial charge in [-0.3, -0.25) is 9.59 Å². The molecule has 0 atom stereocenters. The van der Waals surface area contributed by atoms with Gasteiger partial charge in [-0.15, -0.1) is 0 Å². The van der Waals surface area contributed by atoms with Crippen LogP contribution in [-0.2, 0) is 17.8 Å². The molecular weight excluding hydrogens is 258 g/mol. The van der Waals surface area contributed by atoms with Crippen molar-refractivity contribution in [1.29, 1.82) is 0 Å². The highest BCUT2D eigenvalue weighted by Gasteiger charge is 2.11. The molecule has 1 aromatic carbocycles. The molecule has 1 heterocycles. The summed E-state index contributed by atoms with van der Waals surface area (Å²) in [5.74, 6) is -0.298. The summed E-state index contributed by atoms with van der Waals surface area (Å²) in [7, 11) is 0. The number of hydrogen-bond donors (Lipinski definition) is 2. The fraction of sp³-hybridized carbons (Fsp3) is 0.200. The third-order valence-electron chi connectivity index (χ3n) is 2.86. The molecule has 5 heteroatoms. The third kappa shape index (κ3) is 3.47. The fourth-order valence-electron chi connectivity index (χ4n) is 1.88. The van der Waals surface area contributed by atoms with E-state index in [9.17, 15) is 9.59 Å². The zero-order chi connectivity index (χ0) is 14.5. The Morgan fingerprint density at radius 3 is 2.45 bits per heavy atom. The summed E-state index contributed by atoms with van der Waals surface area (Å²) in [6.45, 7) is 2.03. The molecule has 0 radical (unpaired) electrons. The van der Waals surface area contributed by atoms with Crippen LogP contribution in [0.25, 0.3) is 0 Å². The third-order valence-corrected chi connectivity index (χ3v) is 2.86. The van der Waals surface area contributed by atoms with Gasteiger partial charge in [0.05, 0.1) is 6.42 Å². The fourth-order valence-corrected chi connectivity index (χ4v) is 1.88. The van der Waals surface area contributed by atoms with Crippen LogP contribution in [0.5, 0.6) is 0 Å². The summed E-state index contributed by atoms with van der Waals surface area (Å²) < 4.78 is 5.22. The molecule has 2 rings (SSSR count). The Morgan fingerprint density at radius 2 is 1.85 bits per heavy atom. The number of benzene rings is 1. The van der Waals surface area contributed by atoms with Crippen LogP contribution >= 0.6 is 0 Å². The molecule has 0 spiro atoms. The smallest absolute Gasteiger partial charge is 0.307 e. The molecule has 0 bridgehead atoms. The summed E-state index contributed by atoms with van der Waals surface area (Å²) in [4.78, 5) is 22.6. The molecule has 0 unspecified atom stereocenters. The van der Waals surface area contributed by atoms with Gasteiger partial charge in [-0.2, -0.15) is 0 Å². The Labute approximate surface area is 116 Å². The number of carbonyl (C=O) groups excluding carboxylic acids is 1. The highest BCUT2D eigenvalue weighted by Crippen LogP contribution is 2.11. The maximum absolute atomic E-state index is 11.8. The van der Waals surface area contributed by atoms with Crippen molar-refractivity contribution in [1.82, 2.24) is 5.32 Å². The first-order valence-corrected chi connectivity index (χ1v) is 6.19. The minimum Gasteiger partial charge on any atom is -0.481 e. The van der Waals surface area contributed by atoms with Crippen LogP contribution in [0, 0.1) is 6.92 Å². The number of furan rings is 1. The Hall–Kier alpha value is -2.56. The molecule has 5 nitrogen and oxygen atoms in total. The summed E-state index contributed by atoms with van der Waals surface area (Å²) in [6.07, 6.45) is -0.0636. The number of aliphatic carboxylic acids is 1. The predicted octanol–water partition coefficient (Wildman–Crippen LogP) is 2.15. The Bertz CT molecular complexity index is 630. The zero-order valence-electron chi connectivity index (χ0n) is 11.1. The molecule has 0 saturated carbocycles. The molecule has 2 N–H and O–H groups in total. The van der Waals surface area contributed by atoms with E-state index in [1.807, 2.05) is 6.07 Å². The van der Waals surface area contributed by atoms with Gasteiger partial charge < -0.3 is 14.8 Å². The van der Waals surface area contributed by atoms with Crippen molar-refractivity contribution < 1.29 is 19.1 Å². The molecule has 0 aliphatic rings. The molecule has 0 aliphatic carbocycles. The van der Waals surface area contributed by atoms with Crippen LogP contribution < -0.4 is 5.32 Å². The quantitative estimate of drug-likeness (QED) is 0.874. The lowest BCUT2D eigenvalue weighted by Gasteiger charge is -2.08. The number of carbonyl (C=O) groups is 2. The number of rotatable bonds is 5. The van der Waals surface area contributed by atoms with Crippen molar-refractivity contribution in [2.24, 2.45) is 0 Å². The number of amides is 1. The van der Waals surface area contributed by atoms with Crippen molar-refractivity contribution in [2.75, 3.05) is 0 Å². The van der Waals surface area contributed by atoms with E-state index in [4.69, 9.17) is 9.52 Å². The second-order valence-electron chi connectivity index (χ2n) is 4.43. The van der Waals surface area contributed by atoms with Gasteiger partial charge in [0.25, 0.3) is 5.91 Å².